The summed E-state index contributed by atoms with van der Waals surface area (Å²) in [5.74, 6) is 0.234. The van der Waals surface area contributed by atoms with Crippen molar-refractivity contribution in [2.75, 3.05) is 33.2 Å². The molecule has 1 aromatic rings. The number of benzene rings is 1. The summed E-state index contributed by atoms with van der Waals surface area (Å²) >= 11 is 6.44. The van der Waals surface area contributed by atoms with E-state index in [9.17, 15) is 9.59 Å². The Bertz CT molecular complexity index is 724. The van der Waals surface area contributed by atoms with Crippen molar-refractivity contribution in [1.29, 1.82) is 0 Å². The van der Waals surface area contributed by atoms with Gasteiger partial charge in [0, 0.05) is 38.3 Å². The maximum atomic E-state index is 13.0. The number of imide groups is 1. The van der Waals surface area contributed by atoms with Crippen LogP contribution in [0.5, 0.6) is 0 Å². The summed E-state index contributed by atoms with van der Waals surface area (Å²) in [6, 6.07) is 9.84. The highest BCUT2D eigenvalue weighted by Gasteiger charge is 2.56. The van der Waals surface area contributed by atoms with Crippen LogP contribution in [-0.2, 0) is 4.79 Å². The van der Waals surface area contributed by atoms with Crippen molar-refractivity contribution in [2.24, 2.45) is 5.92 Å². The van der Waals surface area contributed by atoms with E-state index in [2.05, 4.69) is 4.90 Å². The topological polar surface area (TPSA) is 43.9 Å². The van der Waals surface area contributed by atoms with Gasteiger partial charge in [0.25, 0.3) is 5.91 Å². The van der Waals surface area contributed by atoms with Crippen LogP contribution in [0.15, 0.2) is 35.4 Å². The Labute approximate surface area is 166 Å². The first-order valence-electron chi connectivity index (χ1n) is 9.57. The first-order valence-corrected chi connectivity index (χ1v) is 9.94. The Balaban J connectivity index is 1.63. The fourth-order valence-corrected chi connectivity index (χ4v) is 4.29. The summed E-state index contributed by atoms with van der Waals surface area (Å²) in [5, 5.41) is 0.778. The fraction of sp³-hybridized carbons (Fsp3) is 0.524. The summed E-state index contributed by atoms with van der Waals surface area (Å²) < 4.78 is 0. The Morgan fingerprint density at radius 3 is 2.41 bits per heavy atom. The highest BCUT2D eigenvalue weighted by Crippen LogP contribution is 2.36. The molecule has 0 atom stereocenters. The summed E-state index contributed by atoms with van der Waals surface area (Å²) in [6.45, 7) is 6.69. The van der Waals surface area contributed by atoms with Crippen LogP contribution in [0.2, 0.25) is 0 Å². The third-order valence-electron chi connectivity index (χ3n) is 5.53. The van der Waals surface area contributed by atoms with E-state index in [-0.39, 0.29) is 17.9 Å². The molecule has 2 fully saturated rings. The number of piperidine rings is 1. The quantitative estimate of drug-likeness (QED) is 0.722. The van der Waals surface area contributed by atoms with Gasteiger partial charge in [-0.25, -0.2) is 4.79 Å². The highest BCUT2D eigenvalue weighted by atomic mass is 35.5. The third-order valence-corrected chi connectivity index (χ3v) is 5.76. The van der Waals surface area contributed by atoms with Gasteiger partial charge in [0.15, 0.2) is 0 Å². The molecule has 27 heavy (non-hydrogen) atoms. The van der Waals surface area contributed by atoms with Crippen LogP contribution in [0, 0.1) is 5.92 Å². The van der Waals surface area contributed by atoms with Gasteiger partial charge in [-0.2, -0.15) is 0 Å². The normalized spacial score (nSPS) is 21.0. The van der Waals surface area contributed by atoms with Gasteiger partial charge >= 0.3 is 6.03 Å². The molecule has 2 aliphatic heterocycles. The lowest BCUT2D eigenvalue weighted by atomic mass is 9.86. The first-order chi connectivity index (χ1) is 12.8. The number of halogens is 1. The summed E-state index contributed by atoms with van der Waals surface area (Å²) in [7, 11) is 1.76. The SMILES string of the molecule is CC(C)CN1C(=O)N(C)C2(CCN(CC(Cl)=Cc3ccccc3)CC2)C1=O. The maximum Gasteiger partial charge on any atom is 0.327 e. The number of urea groups is 1. The Hall–Kier alpha value is -1.85. The van der Waals surface area contributed by atoms with E-state index in [1.807, 2.05) is 50.3 Å². The number of hydrogen-bond acceptors (Lipinski definition) is 3. The minimum Gasteiger partial charge on any atom is -0.312 e. The Morgan fingerprint density at radius 2 is 1.81 bits per heavy atom. The second kappa shape index (κ2) is 8.03. The second-order valence-electron chi connectivity index (χ2n) is 7.96. The van der Waals surface area contributed by atoms with E-state index in [0.29, 0.717) is 25.9 Å². The van der Waals surface area contributed by atoms with Crippen LogP contribution < -0.4 is 0 Å². The van der Waals surface area contributed by atoms with Crippen molar-refractivity contribution >= 4 is 29.6 Å². The third kappa shape index (κ3) is 4.04. The van der Waals surface area contributed by atoms with Crippen LogP contribution in [0.4, 0.5) is 4.79 Å². The van der Waals surface area contributed by atoms with Crippen LogP contribution >= 0.6 is 11.6 Å². The molecule has 0 N–H and O–H groups in total. The van der Waals surface area contributed by atoms with Gasteiger partial charge in [-0.15, -0.1) is 0 Å². The predicted molar refractivity (Wildman–Crippen MR) is 108 cm³/mol. The fourth-order valence-electron chi connectivity index (χ4n) is 3.99. The number of carbonyl (C=O) groups is 2. The van der Waals surface area contributed by atoms with Crippen LogP contribution in [-0.4, -0.2) is 65.4 Å². The lowest BCUT2D eigenvalue weighted by Gasteiger charge is -2.40. The molecule has 1 spiro atoms. The zero-order chi connectivity index (χ0) is 19.6. The zero-order valence-electron chi connectivity index (χ0n) is 16.3. The molecule has 1 aromatic carbocycles. The minimum atomic E-state index is -0.682. The number of likely N-dealkylation sites (N-methyl/N-ethyl adjacent to an activating group) is 1. The molecule has 0 radical (unpaired) electrons. The van der Waals surface area contributed by atoms with Crippen molar-refractivity contribution < 1.29 is 9.59 Å². The molecule has 0 bridgehead atoms. The molecule has 3 rings (SSSR count). The average Bonchev–Trinajstić information content (AvgIpc) is 2.80. The molecule has 2 heterocycles. The molecule has 0 aromatic heterocycles. The summed E-state index contributed by atoms with van der Waals surface area (Å²) in [6.07, 6.45) is 3.28. The van der Waals surface area contributed by atoms with Crippen molar-refractivity contribution in [3.63, 3.8) is 0 Å². The van der Waals surface area contributed by atoms with E-state index in [4.69, 9.17) is 11.6 Å². The molecule has 0 saturated carbocycles. The lowest BCUT2D eigenvalue weighted by molar-refractivity contribution is -0.135. The number of hydrogen-bond donors (Lipinski definition) is 0. The van der Waals surface area contributed by atoms with Gasteiger partial charge in [0.2, 0.25) is 0 Å². The number of carbonyl (C=O) groups excluding carboxylic acids is 2. The minimum absolute atomic E-state index is 0.0331. The maximum absolute atomic E-state index is 13.0. The monoisotopic (exact) mass is 389 g/mol. The van der Waals surface area contributed by atoms with Gasteiger partial charge in [-0.1, -0.05) is 55.8 Å². The summed E-state index contributed by atoms with van der Waals surface area (Å²) in [5.41, 5.74) is 0.398. The van der Waals surface area contributed by atoms with E-state index < -0.39 is 5.54 Å². The van der Waals surface area contributed by atoms with Crippen molar-refractivity contribution in [1.82, 2.24) is 14.7 Å². The number of rotatable bonds is 5. The first kappa shape index (κ1) is 19.9. The van der Waals surface area contributed by atoms with Crippen molar-refractivity contribution in [3.05, 3.63) is 40.9 Å². The van der Waals surface area contributed by atoms with Gasteiger partial charge in [-0.3, -0.25) is 14.6 Å². The molecule has 146 valence electrons. The second-order valence-corrected chi connectivity index (χ2v) is 8.45. The smallest absolute Gasteiger partial charge is 0.312 e. The molecule has 3 amide bonds. The molecule has 0 aliphatic carbocycles. The van der Waals surface area contributed by atoms with Crippen molar-refractivity contribution in [3.8, 4) is 0 Å². The number of nitrogens with zero attached hydrogens (tertiary/aromatic N) is 3. The van der Waals surface area contributed by atoms with Crippen molar-refractivity contribution in [2.45, 2.75) is 32.2 Å². The molecule has 2 saturated heterocycles. The highest BCUT2D eigenvalue weighted by molar-refractivity contribution is 6.31. The lowest BCUT2D eigenvalue weighted by Crippen LogP contribution is -2.55. The molecule has 0 unspecified atom stereocenters. The molecular weight excluding hydrogens is 362 g/mol. The molecular formula is C21H28ClN3O2. The standard InChI is InChI=1S/C21H28ClN3O2/c1-16(2)14-25-19(26)21(23(3)20(25)27)9-11-24(12-10-21)15-18(22)13-17-7-5-4-6-8-17/h4-8,13,16H,9-12,14-15H2,1-3H3. The largest absolute Gasteiger partial charge is 0.327 e. The van der Waals surface area contributed by atoms with Crippen LogP contribution in [0.3, 0.4) is 0 Å². The van der Waals surface area contributed by atoms with E-state index >= 15 is 0 Å². The van der Waals surface area contributed by atoms with E-state index in [1.165, 1.54) is 4.90 Å². The van der Waals surface area contributed by atoms with Crippen LogP contribution in [0.1, 0.15) is 32.3 Å². The summed E-state index contributed by atoms with van der Waals surface area (Å²) in [4.78, 5) is 30.9. The van der Waals surface area contributed by atoms with E-state index in [1.54, 1.807) is 11.9 Å². The Kier molecular flexibility index (Phi) is 5.92. The zero-order valence-corrected chi connectivity index (χ0v) is 17.1. The van der Waals surface area contributed by atoms with Gasteiger partial charge in [0.1, 0.15) is 5.54 Å². The predicted octanol–water partition coefficient (Wildman–Crippen LogP) is 3.65. The average molecular weight is 390 g/mol. The van der Waals surface area contributed by atoms with Gasteiger partial charge in [-0.05, 0) is 30.4 Å². The molecule has 2 aliphatic rings. The van der Waals surface area contributed by atoms with E-state index in [0.717, 1.165) is 23.7 Å². The van der Waals surface area contributed by atoms with Gasteiger partial charge < -0.3 is 4.90 Å². The molecule has 6 heteroatoms. The number of likely N-dealkylation sites (tertiary alicyclic amines) is 1. The van der Waals surface area contributed by atoms with Crippen LogP contribution in [0.25, 0.3) is 6.08 Å². The Morgan fingerprint density at radius 1 is 1.19 bits per heavy atom. The number of amides is 3. The molecule has 5 nitrogen and oxygen atoms in total. The van der Waals surface area contributed by atoms with Gasteiger partial charge in [0.05, 0.1) is 0 Å².